The SMILES string of the molecule is CC1(O)CCN(c2nc(NN)nc(-n3cccn3)n2)CC1. The summed E-state index contributed by atoms with van der Waals surface area (Å²) < 4.78 is 1.55. The number of aromatic nitrogens is 5. The predicted octanol–water partition coefficient (Wildman–Crippen LogP) is -0.306. The highest BCUT2D eigenvalue weighted by Gasteiger charge is 2.29. The molecule has 0 spiro atoms. The average molecular weight is 290 g/mol. The van der Waals surface area contributed by atoms with Crippen molar-refractivity contribution in [3.8, 4) is 5.95 Å². The van der Waals surface area contributed by atoms with Crippen LogP contribution < -0.4 is 16.2 Å². The van der Waals surface area contributed by atoms with Gasteiger partial charge in [0, 0.05) is 25.5 Å². The van der Waals surface area contributed by atoms with Crippen molar-refractivity contribution in [2.45, 2.75) is 25.4 Å². The number of nitrogens with one attached hydrogen (secondary N) is 1. The molecule has 3 heterocycles. The predicted molar refractivity (Wildman–Crippen MR) is 76.8 cm³/mol. The number of aliphatic hydroxyl groups is 1. The number of rotatable bonds is 3. The van der Waals surface area contributed by atoms with E-state index in [1.807, 2.05) is 11.8 Å². The number of hydrazine groups is 1. The molecule has 9 nitrogen and oxygen atoms in total. The third-order valence-electron chi connectivity index (χ3n) is 3.57. The Balaban J connectivity index is 1.90. The van der Waals surface area contributed by atoms with Crippen LogP contribution in [-0.2, 0) is 0 Å². The van der Waals surface area contributed by atoms with Gasteiger partial charge in [0.15, 0.2) is 0 Å². The van der Waals surface area contributed by atoms with Gasteiger partial charge in [-0.25, -0.2) is 10.5 Å². The molecule has 2 aromatic heterocycles. The van der Waals surface area contributed by atoms with Crippen LogP contribution in [0.25, 0.3) is 5.95 Å². The van der Waals surface area contributed by atoms with Crippen molar-refractivity contribution < 1.29 is 5.11 Å². The van der Waals surface area contributed by atoms with Crippen LogP contribution >= 0.6 is 0 Å². The summed E-state index contributed by atoms with van der Waals surface area (Å²) in [4.78, 5) is 14.9. The number of nitrogens with two attached hydrogens (primary N) is 1. The third kappa shape index (κ3) is 2.93. The number of nitrogen functional groups attached to an aromatic ring is 1. The first-order valence-electron chi connectivity index (χ1n) is 6.77. The Hall–Kier alpha value is -2.26. The molecule has 1 saturated heterocycles. The summed E-state index contributed by atoms with van der Waals surface area (Å²) in [6.45, 7) is 3.21. The van der Waals surface area contributed by atoms with Gasteiger partial charge < -0.3 is 10.0 Å². The molecule has 3 rings (SSSR count). The van der Waals surface area contributed by atoms with Crippen molar-refractivity contribution in [2.24, 2.45) is 5.84 Å². The lowest BCUT2D eigenvalue weighted by molar-refractivity contribution is 0.0349. The van der Waals surface area contributed by atoms with E-state index in [2.05, 4.69) is 25.5 Å². The topological polar surface area (TPSA) is 118 Å². The van der Waals surface area contributed by atoms with E-state index in [0.29, 0.717) is 37.8 Å². The molecule has 0 amide bonds. The van der Waals surface area contributed by atoms with Crippen molar-refractivity contribution in [2.75, 3.05) is 23.4 Å². The number of hydrogen-bond acceptors (Lipinski definition) is 8. The fourth-order valence-corrected chi connectivity index (χ4v) is 2.24. The molecule has 1 fully saturated rings. The Kier molecular flexibility index (Phi) is 3.43. The molecule has 112 valence electrons. The van der Waals surface area contributed by atoms with Crippen molar-refractivity contribution in [1.29, 1.82) is 0 Å². The average Bonchev–Trinajstić information content (AvgIpc) is 3.01. The van der Waals surface area contributed by atoms with Gasteiger partial charge >= 0.3 is 0 Å². The summed E-state index contributed by atoms with van der Waals surface area (Å²) in [6.07, 6.45) is 4.74. The summed E-state index contributed by atoms with van der Waals surface area (Å²) in [5.41, 5.74) is 1.82. The van der Waals surface area contributed by atoms with Gasteiger partial charge in [-0.05, 0) is 25.8 Å². The first kappa shape index (κ1) is 13.7. The molecule has 2 aromatic rings. The van der Waals surface area contributed by atoms with Gasteiger partial charge in [0.25, 0.3) is 5.95 Å². The first-order chi connectivity index (χ1) is 10.1. The molecule has 1 aliphatic rings. The van der Waals surface area contributed by atoms with Gasteiger partial charge in [-0.3, -0.25) is 5.43 Å². The maximum atomic E-state index is 10.0. The molecule has 0 aromatic carbocycles. The first-order valence-corrected chi connectivity index (χ1v) is 6.77. The lowest BCUT2D eigenvalue weighted by atomic mass is 9.94. The normalized spacial score (nSPS) is 17.8. The van der Waals surface area contributed by atoms with Crippen LogP contribution in [0.15, 0.2) is 18.5 Å². The highest BCUT2D eigenvalue weighted by Crippen LogP contribution is 2.24. The van der Waals surface area contributed by atoms with Gasteiger partial charge in [0.05, 0.1) is 5.60 Å². The molecule has 0 unspecified atom stereocenters. The molecular formula is C12H18N8O. The van der Waals surface area contributed by atoms with E-state index in [9.17, 15) is 5.11 Å². The van der Waals surface area contributed by atoms with Gasteiger partial charge in [0.1, 0.15) is 0 Å². The van der Waals surface area contributed by atoms with E-state index in [1.54, 1.807) is 23.1 Å². The minimum absolute atomic E-state index is 0.280. The number of piperidine rings is 1. The quantitative estimate of drug-likeness (QED) is 0.520. The zero-order valence-corrected chi connectivity index (χ0v) is 11.8. The Bertz CT molecular complexity index is 602. The van der Waals surface area contributed by atoms with Crippen LogP contribution in [0, 0.1) is 0 Å². The minimum atomic E-state index is -0.622. The standard InChI is InChI=1S/C12H18N8O/c1-12(21)3-7-19(8-4-12)10-15-9(18-13)16-11(17-10)20-6-2-5-14-20/h2,5-6,21H,3-4,7-8,13H2,1H3,(H,15,16,17,18). The fourth-order valence-electron chi connectivity index (χ4n) is 2.24. The molecule has 0 atom stereocenters. The van der Waals surface area contributed by atoms with Crippen molar-refractivity contribution >= 4 is 11.9 Å². The molecule has 0 bridgehead atoms. The van der Waals surface area contributed by atoms with Crippen LogP contribution in [0.5, 0.6) is 0 Å². The zero-order chi connectivity index (χ0) is 14.9. The molecule has 0 aliphatic carbocycles. The monoisotopic (exact) mass is 290 g/mol. The van der Waals surface area contributed by atoms with Crippen molar-refractivity contribution in [3.63, 3.8) is 0 Å². The number of anilines is 2. The molecule has 4 N–H and O–H groups in total. The summed E-state index contributed by atoms with van der Waals surface area (Å²) >= 11 is 0. The second-order valence-corrected chi connectivity index (χ2v) is 5.34. The van der Waals surface area contributed by atoms with Gasteiger partial charge in [-0.15, -0.1) is 0 Å². The highest BCUT2D eigenvalue weighted by molar-refractivity contribution is 5.40. The fraction of sp³-hybridized carbons (Fsp3) is 0.500. The number of nitrogens with zero attached hydrogens (tertiary/aromatic N) is 6. The van der Waals surface area contributed by atoms with E-state index in [0.717, 1.165) is 0 Å². The Morgan fingerprint density at radius 2 is 1.95 bits per heavy atom. The lowest BCUT2D eigenvalue weighted by Gasteiger charge is -2.35. The van der Waals surface area contributed by atoms with Crippen molar-refractivity contribution in [1.82, 2.24) is 24.7 Å². The maximum absolute atomic E-state index is 10.0. The van der Waals surface area contributed by atoms with E-state index >= 15 is 0 Å². The molecule has 9 heteroatoms. The Morgan fingerprint density at radius 3 is 2.57 bits per heavy atom. The van der Waals surface area contributed by atoms with Crippen LogP contribution in [0.3, 0.4) is 0 Å². The Morgan fingerprint density at radius 1 is 1.24 bits per heavy atom. The van der Waals surface area contributed by atoms with Gasteiger partial charge in [-0.2, -0.15) is 20.1 Å². The van der Waals surface area contributed by atoms with Crippen LogP contribution in [-0.4, -0.2) is 48.5 Å². The van der Waals surface area contributed by atoms with E-state index in [1.165, 1.54) is 0 Å². The van der Waals surface area contributed by atoms with Crippen molar-refractivity contribution in [3.05, 3.63) is 18.5 Å². The van der Waals surface area contributed by atoms with E-state index in [4.69, 9.17) is 5.84 Å². The summed E-state index contributed by atoms with van der Waals surface area (Å²) in [6, 6.07) is 1.79. The van der Waals surface area contributed by atoms with Gasteiger partial charge in [-0.1, -0.05) is 0 Å². The second-order valence-electron chi connectivity index (χ2n) is 5.34. The van der Waals surface area contributed by atoms with E-state index in [-0.39, 0.29) is 5.95 Å². The smallest absolute Gasteiger partial charge is 0.257 e. The van der Waals surface area contributed by atoms with E-state index < -0.39 is 5.60 Å². The summed E-state index contributed by atoms with van der Waals surface area (Å²) in [5, 5.41) is 14.1. The second kappa shape index (κ2) is 5.26. The summed E-state index contributed by atoms with van der Waals surface area (Å²) in [7, 11) is 0. The van der Waals surface area contributed by atoms with Gasteiger partial charge in [0.2, 0.25) is 11.9 Å². The largest absolute Gasteiger partial charge is 0.390 e. The minimum Gasteiger partial charge on any atom is -0.390 e. The third-order valence-corrected chi connectivity index (χ3v) is 3.57. The highest BCUT2D eigenvalue weighted by atomic mass is 16.3. The summed E-state index contributed by atoms with van der Waals surface area (Å²) in [5.74, 6) is 6.63. The molecule has 1 aliphatic heterocycles. The van der Waals surface area contributed by atoms with Crippen LogP contribution in [0.1, 0.15) is 19.8 Å². The molecule has 0 radical (unpaired) electrons. The van der Waals surface area contributed by atoms with Crippen LogP contribution in [0.2, 0.25) is 0 Å². The molecular weight excluding hydrogens is 272 g/mol. The number of hydrogen-bond donors (Lipinski definition) is 3. The zero-order valence-electron chi connectivity index (χ0n) is 11.8. The van der Waals surface area contributed by atoms with Crippen LogP contribution in [0.4, 0.5) is 11.9 Å². The lowest BCUT2D eigenvalue weighted by Crippen LogP contribution is -2.43. The Labute approximate surface area is 121 Å². The maximum Gasteiger partial charge on any atom is 0.257 e. The molecule has 0 saturated carbocycles. The molecule has 21 heavy (non-hydrogen) atoms.